The quantitative estimate of drug-likeness (QED) is 0.504. The molecule has 142 valence electrons. The molecule has 0 aliphatic heterocycles. The second-order valence-electron chi connectivity index (χ2n) is 6.00. The lowest BCUT2D eigenvalue weighted by atomic mass is 10.2. The number of nitrogens with zero attached hydrogens (tertiary/aromatic N) is 6. The van der Waals surface area contributed by atoms with Gasteiger partial charge in [0.15, 0.2) is 11.5 Å². The minimum Gasteiger partial charge on any atom is -0.228 e. The van der Waals surface area contributed by atoms with Crippen molar-refractivity contribution in [3.63, 3.8) is 0 Å². The van der Waals surface area contributed by atoms with E-state index in [0.29, 0.717) is 10.7 Å². The van der Waals surface area contributed by atoms with Crippen LogP contribution in [0.2, 0.25) is 5.02 Å². The fraction of sp³-hybridized carbons (Fsp3) is 0.111. The number of halogens is 4. The molecule has 4 aromatic rings. The van der Waals surface area contributed by atoms with Gasteiger partial charge in [0.2, 0.25) is 0 Å². The molecule has 0 spiro atoms. The van der Waals surface area contributed by atoms with Gasteiger partial charge in [-0.05, 0) is 47.2 Å². The highest BCUT2D eigenvalue weighted by Gasteiger charge is 2.40. The van der Waals surface area contributed by atoms with Crippen molar-refractivity contribution in [2.45, 2.75) is 13.1 Å². The van der Waals surface area contributed by atoms with E-state index in [1.807, 2.05) is 0 Å². The highest BCUT2D eigenvalue weighted by atomic mass is 35.5. The minimum atomic E-state index is -4.70. The SMILES string of the molecule is Cc1ccc(-n2ncc(-c3nnnn3-c3ccccc3)c2C(F)(F)F)cc1Cl. The molecule has 0 saturated carbocycles. The van der Waals surface area contributed by atoms with Crippen molar-refractivity contribution < 1.29 is 13.2 Å². The van der Waals surface area contributed by atoms with E-state index in [1.54, 1.807) is 43.3 Å². The van der Waals surface area contributed by atoms with E-state index in [1.165, 1.54) is 16.8 Å². The molecular formula is C18H12ClF3N6. The zero-order chi connectivity index (χ0) is 19.9. The number of benzene rings is 2. The highest BCUT2D eigenvalue weighted by molar-refractivity contribution is 6.31. The van der Waals surface area contributed by atoms with Crippen molar-refractivity contribution >= 4 is 11.6 Å². The average Bonchev–Trinajstić information content (AvgIpc) is 3.31. The minimum absolute atomic E-state index is 0.0667. The van der Waals surface area contributed by atoms with Crippen LogP contribution in [0.1, 0.15) is 11.3 Å². The van der Waals surface area contributed by atoms with Crippen LogP contribution >= 0.6 is 11.6 Å². The van der Waals surface area contributed by atoms with Crippen LogP contribution in [0.3, 0.4) is 0 Å². The van der Waals surface area contributed by atoms with E-state index in [0.717, 1.165) is 16.4 Å². The molecule has 4 rings (SSSR count). The third-order valence-corrected chi connectivity index (χ3v) is 4.56. The first kappa shape index (κ1) is 18.2. The van der Waals surface area contributed by atoms with Gasteiger partial charge in [-0.1, -0.05) is 35.9 Å². The predicted octanol–water partition coefficient (Wildman–Crippen LogP) is 4.50. The summed E-state index contributed by atoms with van der Waals surface area (Å²) in [4.78, 5) is 0. The summed E-state index contributed by atoms with van der Waals surface area (Å²) in [6.45, 7) is 1.76. The summed E-state index contributed by atoms with van der Waals surface area (Å²) in [5, 5.41) is 15.5. The Morgan fingerprint density at radius 2 is 1.71 bits per heavy atom. The van der Waals surface area contributed by atoms with E-state index in [2.05, 4.69) is 20.6 Å². The van der Waals surface area contributed by atoms with Gasteiger partial charge in [0.05, 0.1) is 23.1 Å². The van der Waals surface area contributed by atoms with Crippen LogP contribution < -0.4 is 0 Å². The third kappa shape index (κ3) is 3.13. The molecule has 6 nitrogen and oxygen atoms in total. The molecule has 28 heavy (non-hydrogen) atoms. The molecule has 2 heterocycles. The zero-order valence-corrected chi connectivity index (χ0v) is 15.1. The Kier molecular flexibility index (Phi) is 4.38. The van der Waals surface area contributed by atoms with Crippen molar-refractivity contribution in [2.24, 2.45) is 0 Å². The summed E-state index contributed by atoms with van der Waals surface area (Å²) in [7, 11) is 0. The standard InChI is InChI=1S/C18H12ClF3N6/c1-11-7-8-13(9-15(11)19)27-16(18(20,21)22)14(10-23-27)17-24-25-26-28(17)12-5-3-2-4-6-12/h2-10H,1H3. The first-order chi connectivity index (χ1) is 13.4. The van der Waals surface area contributed by atoms with Gasteiger partial charge < -0.3 is 0 Å². The number of aryl methyl sites for hydroxylation is 1. The van der Waals surface area contributed by atoms with E-state index in [9.17, 15) is 13.2 Å². The zero-order valence-electron chi connectivity index (χ0n) is 14.4. The van der Waals surface area contributed by atoms with Gasteiger partial charge in [0, 0.05) is 5.02 Å². The molecule has 2 aromatic heterocycles. The number of tetrazole rings is 1. The Bertz CT molecular complexity index is 1130. The first-order valence-corrected chi connectivity index (χ1v) is 8.50. The number of alkyl halides is 3. The van der Waals surface area contributed by atoms with E-state index >= 15 is 0 Å². The molecule has 0 atom stereocenters. The van der Waals surface area contributed by atoms with Crippen LogP contribution in [0.15, 0.2) is 54.7 Å². The molecule has 0 bridgehead atoms. The second kappa shape index (κ2) is 6.75. The molecule has 0 aliphatic carbocycles. The van der Waals surface area contributed by atoms with Gasteiger partial charge in [-0.25, -0.2) is 4.68 Å². The first-order valence-electron chi connectivity index (χ1n) is 8.12. The maximum atomic E-state index is 14.0. The Labute approximate surface area is 162 Å². The maximum absolute atomic E-state index is 14.0. The van der Waals surface area contributed by atoms with Gasteiger partial charge in [0.25, 0.3) is 0 Å². The normalized spacial score (nSPS) is 11.8. The van der Waals surface area contributed by atoms with Crippen LogP contribution in [0.4, 0.5) is 13.2 Å². The van der Waals surface area contributed by atoms with E-state index in [-0.39, 0.29) is 17.1 Å². The summed E-state index contributed by atoms with van der Waals surface area (Å²) in [5.41, 5.74) is 0.242. The van der Waals surface area contributed by atoms with Crippen LogP contribution in [0, 0.1) is 6.92 Å². The van der Waals surface area contributed by atoms with Crippen LogP contribution in [-0.2, 0) is 6.18 Å². The summed E-state index contributed by atoms with van der Waals surface area (Å²) in [5.74, 6) is -0.0667. The fourth-order valence-electron chi connectivity index (χ4n) is 2.79. The van der Waals surface area contributed by atoms with Gasteiger partial charge in [-0.3, -0.25) is 0 Å². The molecule has 0 N–H and O–H groups in total. The molecule has 0 amide bonds. The van der Waals surface area contributed by atoms with Crippen LogP contribution in [0.25, 0.3) is 22.8 Å². The van der Waals surface area contributed by atoms with Crippen molar-refractivity contribution in [1.29, 1.82) is 0 Å². The predicted molar refractivity (Wildman–Crippen MR) is 96.5 cm³/mol. The lowest BCUT2D eigenvalue weighted by Gasteiger charge is -2.13. The van der Waals surface area contributed by atoms with Crippen molar-refractivity contribution in [2.75, 3.05) is 0 Å². The van der Waals surface area contributed by atoms with Crippen LogP contribution in [0.5, 0.6) is 0 Å². The van der Waals surface area contributed by atoms with E-state index < -0.39 is 11.9 Å². The van der Waals surface area contributed by atoms with Crippen molar-refractivity contribution in [3.8, 4) is 22.8 Å². The monoisotopic (exact) mass is 404 g/mol. The Morgan fingerprint density at radius 3 is 2.39 bits per heavy atom. The molecule has 0 aliphatic rings. The van der Waals surface area contributed by atoms with Crippen LogP contribution in [-0.4, -0.2) is 30.0 Å². The number of para-hydroxylation sites is 1. The summed E-state index contributed by atoms with van der Waals surface area (Å²) in [6.07, 6.45) is -3.60. The van der Waals surface area contributed by atoms with Crippen molar-refractivity contribution in [1.82, 2.24) is 30.0 Å². The maximum Gasteiger partial charge on any atom is 0.434 e. The summed E-state index contributed by atoms with van der Waals surface area (Å²) >= 11 is 6.08. The summed E-state index contributed by atoms with van der Waals surface area (Å²) in [6, 6.07) is 13.2. The molecule has 10 heteroatoms. The van der Waals surface area contributed by atoms with E-state index in [4.69, 9.17) is 11.6 Å². The Balaban J connectivity index is 1.92. The summed E-state index contributed by atoms with van der Waals surface area (Å²) < 4.78 is 43.9. The second-order valence-corrected chi connectivity index (χ2v) is 6.41. The number of aromatic nitrogens is 6. The Morgan fingerprint density at radius 1 is 0.964 bits per heavy atom. The number of hydrogen-bond donors (Lipinski definition) is 0. The largest absolute Gasteiger partial charge is 0.434 e. The van der Waals surface area contributed by atoms with Gasteiger partial charge in [-0.15, -0.1) is 5.10 Å². The average molecular weight is 405 g/mol. The lowest BCUT2D eigenvalue weighted by molar-refractivity contribution is -0.142. The Hall–Kier alpha value is -3.20. The molecule has 0 saturated heterocycles. The highest BCUT2D eigenvalue weighted by Crippen LogP contribution is 2.38. The van der Waals surface area contributed by atoms with Gasteiger partial charge in [0.1, 0.15) is 0 Å². The molecule has 2 aromatic carbocycles. The number of rotatable bonds is 3. The van der Waals surface area contributed by atoms with Crippen molar-refractivity contribution in [3.05, 3.63) is 71.0 Å². The molecule has 0 radical (unpaired) electrons. The smallest absolute Gasteiger partial charge is 0.228 e. The topological polar surface area (TPSA) is 61.4 Å². The molecule has 0 unspecified atom stereocenters. The molecular weight excluding hydrogens is 393 g/mol. The van der Waals surface area contributed by atoms with Gasteiger partial charge >= 0.3 is 6.18 Å². The lowest BCUT2D eigenvalue weighted by Crippen LogP contribution is -2.15. The molecule has 0 fully saturated rings. The number of hydrogen-bond acceptors (Lipinski definition) is 4. The third-order valence-electron chi connectivity index (χ3n) is 4.15. The fourth-order valence-corrected chi connectivity index (χ4v) is 2.97. The van der Waals surface area contributed by atoms with Gasteiger partial charge in [-0.2, -0.15) is 23.0 Å².